The summed E-state index contributed by atoms with van der Waals surface area (Å²) in [5, 5.41) is 2.93. The fraction of sp³-hybridized carbons (Fsp3) is 0.161. The minimum Gasteiger partial charge on any atom is -0.489 e. The molecule has 4 rings (SSSR count). The zero-order valence-corrected chi connectivity index (χ0v) is 20.2. The van der Waals surface area contributed by atoms with Crippen molar-refractivity contribution in [3.8, 4) is 5.75 Å². The first-order valence-electron chi connectivity index (χ1n) is 11.9. The highest BCUT2D eigenvalue weighted by molar-refractivity contribution is 5.91. The second-order valence-electron chi connectivity index (χ2n) is 8.46. The summed E-state index contributed by atoms with van der Waals surface area (Å²) in [5.74, 6) is -0.568. The van der Waals surface area contributed by atoms with Gasteiger partial charge in [0.25, 0.3) is 0 Å². The zero-order valence-electron chi connectivity index (χ0n) is 20.2. The van der Waals surface area contributed by atoms with Gasteiger partial charge in [-0.2, -0.15) is 0 Å². The molecule has 0 bridgehead atoms. The van der Waals surface area contributed by atoms with E-state index >= 15 is 0 Å². The highest BCUT2D eigenvalue weighted by Crippen LogP contribution is 2.25. The van der Waals surface area contributed by atoms with Crippen molar-refractivity contribution in [3.05, 3.63) is 138 Å². The van der Waals surface area contributed by atoms with Crippen molar-refractivity contribution in [2.45, 2.75) is 25.0 Å². The van der Waals surface area contributed by atoms with Crippen LogP contribution in [0.2, 0.25) is 0 Å². The topological polar surface area (TPSA) is 64.6 Å². The molecule has 0 heterocycles. The normalized spacial score (nSPS) is 11.5. The van der Waals surface area contributed by atoms with Crippen molar-refractivity contribution in [1.82, 2.24) is 5.32 Å². The first-order valence-corrected chi connectivity index (χ1v) is 11.9. The monoisotopic (exact) mass is 479 g/mol. The van der Waals surface area contributed by atoms with Crippen LogP contribution in [-0.4, -0.2) is 25.0 Å². The van der Waals surface area contributed by atoms with Gasteiger partial charge >= 0.3 is 5.97 Å². The molecule has 4 aromatic carbocycles. The molecule has 0 fully saturated rings. The van der Waals surface area contributed by atoms with Crippen LogP contribution in [0.25, 0.3) is 0 Å². The third kappa shape index (κ3) is 6.60. The summed E-state index contributed by atoms with van der Waals surface area (Å²) in [4.78, 5) is 26.1. The number of benzene rings is 4. The van der Waals surface area contributed by atoms with Gasteiger partial charge in [-0.15, -0.1) is 0 Å². The molecule has 4 aromatic rings. The van der Waals surface area contributed by atoms with Crippen molar-refractivity contribution in [3.63, 3.8) is 0 Å². The summed E-state index contributed by atoms with van der Waals surface area (Å²) in [7, 11) is 1.33. The van der Waals surface area contributed by atoms with Gasteiger partial charge in [0.2, 0.25) is 5.91 Å². The summed E-state index contributed by atoms with van der Waals surface area (Å²) in [6.07, 6.45) is 0.299. The molecule has 0 aliphatic rings. The van der Waals surface area contributed by atoms with Crippen LogP contribution < -0.4 is 10.1 Å². The summed E-state index contributed by atoms with van der Waals surface area (Å²) >= 11 is 0. The van der Waals surface area contributed by atoms with Crippen LogP contribution in [0, 0.1) is 0 Å². The second kappa shape index (κ2) is 12.4. The van der Waals surface area contributed by atoms with Gasteiger partial charge in [-0.1, -0.05) is 103 Å². The number of carbonyl (C=O) groups is 2. The highest BCUT2D eigenvalue weighted by Gasteiger charge is 2.28. The Bertz CT molecular complexity index is 1200. The quantitative estimate of drug-likeness (QED) is 0.314. The minimum atomic E-state index is -0.825. The molecule has 0 spiro atoms. The Hall–Kier alpha value is -4.38. The Morgan fingerprint density at radius 3 is 1.75 bits per heavy atom. The van der Waals surface area contributed by atoms with E-state index in [2.05, 4.69) is 5.32 Å². The number of nitrogens with one attached hydrogen (secondary N) is 1. The summed E-state index contributed by atoms with van der Waals surface area (Å²) in [6, 6.07) is 35.7. The first kappa shape index (κ1) is 24.7. The number of esters is 1. The zero-order chi connectivity index (χ0) is 25.2. The standard InChI is InChI=1S/C31H29NO4/c1-35-31(34)28(21-23-17-19-27(20-18-23)36-22-24-11-5-2-6-12-24)32-30(33)29(25-13-7-3-8-14-25)26-15-9-4-10-16-26/h2-20,28-29H,21-22H2,1H3,(H,32,33)/t28-/m0/s1. The minimum absolute atomic E-state index is 0.259. The van der Waals surface area contributed by atoms with Crippen molar-refractivity contribution in [1.29, 1.82) is 0 Å². The van der Waals surface area contributed by atoms with E-state index in [4.69, 9.17) is 9.47 Å². The molecule has 5 nitrogen and oxygen atoms in total. The fourth-order valence-electron chi connectivity index (χ4n) is 4.08. The van der Waals surface area contributed by atoms with E-state index in [-0.39, 0.29) is 5.91 Å². The predicted octanol–water partition coefficient (Wildman–Crippen LogP) is 5.30. The molecule has 0 aliphatic heterocycles. The number of methoxy groups -OCH3 is 1. The van der Waals surface area contributed by atoms with Gasteiger partial charge in [0, 0.05) is 6.42 Å². The molecule has 0 aliphatic carbocycles. The lowest BCUT2D eigenvalue weighted by Crippen LogP contribution is -2.45. The maximum atomic E-state index is 13.5. The van der Waals surface area contributed by atoms with Gasteiger partial charge in [0.1, 0.15) is 18.4 Å². The van der Waals surface area contributed by atoms with E-state index in [1.165, 1.54) is 7.11 Å². The van der Waals surface area contributed by atoms with Gasteiger partial charge < -0.3 is 14.8 Å². The van der Waals surface area contributed by atoms with E-state index < -0.39 is 17.9 Å². The average Bonchev–Trinajstić information content (AvgIpc) is 2.94. The van der Waals surface area contributed by atoms with Crippen LogP contribution in [0.5, 0.6) is 5.75 Å². The maximum Gasteiger partial charge on any atom is 0.328 e. The largest absolute Gasteiger partial charge is 0.489 e. The van der Waals surface area contributed by atoms with Gasteiger partial charge in [0.05, 0.1) is 13.0 Å². The third-order valence-corrected chi connectivity index (χ3v) is 5.94. The Morgan fingerprint density at radius 2 is 1.22 bits per heavy atom. The lowest BCUT2D eigenvalue weighted by atomic mass is 9.90. The van der Waals surface area contributed by atoms with E-state index in [1.807, 2.05) is 115 Å². The van der Waals surface area contributed by atoms with Gasteiger partial charge in [-0.25, -0.2) is 4.79 Å². The molecule has 0 saturated heterocycles. The number of carbonyl (C=O) groups excluding carboxylic acids is 2. The third-order valence-electron chi connectivity index (χ3n) is 5.94. The fourth-order valence-corrected chi connectivity index (χ4v) is 4.08. The van der Waals surface area contributed by atoms with Crippen LogP contribution >= 0.6 is 0 Å². The second-order valence-corrected chi connectivity index (χ2v) is 8.46. The number of hydrogen-bond acceptors (Lipinski definition) is 4. The number of ether oxygens (including phenoxy) is 2. The van der Waals surface area contributed by atoms with Crippen molar-refractivity contribution < 1.29 is 19.1 Å². The Morgan fingerprint density at radius 1 is 0.694 bits per heavy atom. The van der Waals surface area contributed by atoms with E-state index in [1.54, 1.807) is 0 Å². The molecule has 1 amide bonds. The lowest BCUT2D eigenvalue weighted by molar-refractivity contribution is -0.145. The molecule has 0 radical (unpaired) electrons. The summed E-state index contributed by atoms with van der Waals surface area (Å²) < 4.78 is 10.9. The smallest absolute Gasteiger partial charge is 0.328 e. The Labute approximate surface area is 211 Å². The van der Waals surface area contributed by atoms with Crippen LogP contribution in [0.1, 0.15) is 28.2 Å². The summed E-state index contributed by atoms with van der Waals surface area (Å²) in [6.45, 7) is 0.474. The maximum absolute atomic E-state index is 13.5. The van der Waals surface area contributed by atoms with E-state index in [0.29, 0.717) is 13.0 Å². The van der Waals surface area contributed by atoms with Crippen molar-refractivity contribution >= 4 is 11.9 Å². The molecule has 0 aromatic heterocycles. The van der Waals surface area contributed by atoms with Gasteiger partial charge in [-0.3, -0.25) is 4.79 Å². The molecule has 36 heavy (non-hydrogen) atoms. The van der Waals surface area contributed by atoms with Crippen LogP contribution in [0.15, 0.2) is 115 Å². The number of hydrogen-bond donors (Lipinski definition) is 1. The van der Waals surface area contributed by atoms with Crippen molar-refractivity contribution in [2.75, 3.05) is 7.11 Å². The summed E-state index contributed by atoms with van der Waals surface area (Å²) in [5.41, 5.74) is 3.67. The predicted molar refractivity (Wildman–Crippen MR) is 140 cm³/mol. The molecule has 182 valence electrons. The first-order chi connectivity index (χ1) is 17.6. The number of amides is 1. The van der Waals surface area contributed by atoms with E-state index in [0.717, 1.165) is 28.0 Å². The van der Waals surface area contributed by atoms with Crippen LogP contribution in [0.4, 0.5) is 0 Å². The van der Waals surface area contributed by atoms with Gasteiger partial charge in [0.15, 0.2) is 0 Å². The van der Waals surface area contributed by atoms with Crippen LogP contribution in [0.3, 0.4) is 0 Å². The van der Waals surface area contributed by atoms with Crippen LogP contribution in [-0.2, 0) is 27.4 Å². The van der Waals surface area contributed by atoms with Crippen molar-refractivity contribution in [2.24, 2.45) is 0 Å². The molecule has 0 unspecified atom stereocenters. The molecule has 1 N–H and O–H groups in total. The highest BCUT2D eigenvalue weighted by atomic mass is 16.5. The molecular formula is C31H29NO4. The molecule has 1 atom stereocenters. The molecule has 5 heteroatoms. The SMILES string of the molecule is COC(=O)[C@H](Cc1ccc(OCc2ccccc2)cc1)NC(=O)C(c1ccccc1)c1ccccc1. The molecular weight excluding hydrogens is 450 g/mol. The lowest BCUT2D eigenvalue weighted by Gasteiger charge is -2.22. The number of rotatable bonds is 10. The Balaban J connectivity index is 1.47. The molecule has 0 saturated carbocycles. The Kier molecular flexibility index (Phi) is 8.49. The average molecular weight is 480 g/mol. The van der Waals surface area contributed by atoms with Gasteiger partial charge in [-0.05, 0) is 34.4 Å². The van der Waals surface area contributed by atoms with E-state index in [9.17, 15) is 9.59 Å².